The lowest BCUT2D eigenvalue weighted by Gasteiger charge is -2.26. The van der Waals surface area contributed by atoms with Gasteiger partial charge >= 0.3 is 6.03 Å². The van der Waals surface area contributed by atoms with Gasteiger partial charge in [0.25, 0.3) is 0 Å². The SMILES string of the molecule is O=C(NN1CCCCC1)NS(=O)c1ccccc1. The van der Waals surface area contributed by atoms with Gasteiger partial charge in [-0.1, -0.05) is 24.6 Å². The fourth-order valence-corrected chi connectivity index (χ4v) is 2.60. The number of hydrogen-bond donors (Lipinski definition) is 2. The predicted octanol–water partition coefficient (Wildman–Crippen LogP) is 1.41. The van der Waals surface area contributed by atoms with Gasteiger partial charge in [-0.3, -0.25) is 10.1 Å². The quantitative estimate of drug-likeness (QED) is 0.870. The van der Waals surface area contributed by atoms with Gasteiger partial charge in [0.2, 0.25) is 0 Å². The van der Waals surface area contributed by atoms with Crippen molar-refractivity contribution in [3.8, 4) is 0 Å². The number of hydrogen-bond acceptors (Lipinski definition) is 3. The van der Waals surface area contributed by atoms with E-state index >= 15 is 0 Å². The first-order chi connectivity index (χ1) is 8.75. The molecule has 0 radical (unpaired) electrons. The second kappa shape index (κ2) is 6.51. The molecule has 1 aliphatic heterocycles. The van der Waals surface area contributed by atoms with Crippen LogP contribution in [0.1, 0.15) is 19.3 Å². The molecule has 1 aromatic carbocycles. The van der Waals surface area contributed by atoms with Crippen LogP contribution in [0.3, 0.4) is 0 Å². The van der Waals surface area contributed by atoms with Crippen LogP contribution in [0.5, 0.6) is 0 Å². The van der Waals surface area contributed by atoms with E-state index in [1.165, 1.54) is 6.42 Å². The van der Waals surface area contributed by atoms with E-state index in [4.69, 9.17) is 0 Å². The van der Waals surface area contributed by atoms with Crippen molar-refractivity contribution in [3.05, 3.63) is 30.3 Å². The highest BCUT2D eigenvalue weighted by Crippen LogP contribution is 2.06. The zero-order valence-corrected chi connectivity index (χ0v) is 10.9. The topological polar surface area (TPSA) is 61.4 Å². The molecule has 0 aromatic heterocycles. The van der Waals surface area contributed by atoms with E-state index in [-0.39, 0.29) is 0 Å². The maximum absolute atomic E-state index is 11.8. The Labute approximate surface area is 109 Å². The highest BCUT2D eigenvalue weighted by Gasteiger charge is 2.14. The fraction of sp³-hybridized carbons (Fsp3) is 0.417. The number of piperidine rings is 1. The van der Waals surface area contributed by atoms with Crippen LogP contribution in [-0.2, 0) is 11.0 Å². The molecule has 1 fully saturated rings. The smallest absolute Gasteiger partial charge is 0.270 e. The minimum atomic E-state index is -1.51. The van der Waals surface area contributed by atoms with Crippen molar-refractivity contribution in [2.24, 2.45) is 0 Å². The lowest BCUT2D eigenvalue weighted by atomic mass is 10.2. The summed E-state index contributed by atoms with van der Waals surface area (Å²) < 4.78 is 14.2. The summed E-state index contributed by atoms with van der Waals surface area (Å²) in [6.07, 6.45) is 3.37. The number of carbonyl (C=O) groups is 1. The third-order valence-corrected chi connectivity index (χ3v) is 3.83. The Morgan fingerprint density at radius 2 is 1.78 bits per heavy atom. The molecule has 2 amide bonds. The molecule has 0 saturated carbocycles. The van der Waals surface area contributed by atoms with Crippen molar-refractivity contribution in [1.82, 2.24) is 15.2 Å². The Kier molecular flexibility index (Phi) is 4.72. The van der Waals surface area contributed by atoms with Gasteiger partial charge in [0.15, 0.2) is 11.0 Å². The third-order valence-electron chi connectivity index (χ3n) is 2.76. The highest BCUT2D eigenvalue weighted by molar-refractivity contribution is 7.83. The third kappa shape index (κ3) is 3.82. The molecule has 5 nitrogen and oxygen atoms in total. The van der Waals surface area contributed by atoms with Crippen molar-refractivity contribution in [2.45, 2.75) is 24.2 Å². The molecule has 0 aliphatic carbocycles. The first-order valence-corrected chi connectivity index (χ1v) is 7.20. The maximum Gasteiger partial charge on any atom is 0.341 e. The number of urea groups is 1. The summed E-state index contributed by atoms with van der Waals surface area (Å²) in [5.74, 6) is 0. The fourth-order valence-electron chi connectivity index (χ4n) is 1.86. The normalized spacial score (nSPS) is 18.0. The molecule has 1 aliphatic rings. The molecule has 98 valence electrons. The average molecular weight is 267 g/mol. The lowest BCUT2D eigenvalue weighted by Crippen LogP contribution is -2.49. The molecule has 18 heavy (non-hydrogen) atoms. The number of hydrazine groups is 1. The van der Waals surface area contributed by atoms with Crippen LogP contribution in [0.4, 0.5) is 4.79 Å². The Morgan fingerprint density at radius 3 is 2.44 bits per heavy atom. The van der Waals surface area contributed by atoms with Gasteiger partial charge in [-0.2, -0.15) is 0 Å². The molecule has 0 bridgehead atoms. The van der Waals surface area contributed by atoms with E-state index in [0.29, 0.717) is 4.90 Å². The van der Waals surface area contributed by atoms with Gasteiger partial charge in [-0.15, -0.1) is 0 Å². The average Bonchev–Trinajstić information content (AvgIpc) is 2.40. The minimum absolute atomic E-state index is 0.418. The molecule has 1 heterocycles. The molecular formula is C12H17N3O2S. The van der Waals surface area contributed by atoms with Crippen LogP contribution in [0.25, 0.3) is 0 Å². The highest BCUT2D eigenvalue weighted by atomic mass is 32.2. The van der Waals surface area contributed by atoms with E-state index < -0.39 is 17.0 Å². The van der Waals surface area contributed by atoms with Gasteiger partial charge in [0.1, 0.15) is 0 Å². The number of nitrogens with one attached hydrogen (secondary N) is 2. The Bertz CT molecular complexity index is 419. The molecular weight excluding hydrogens is 250 g/mol. The molecule has 0 spiro atoms. The molecule has 1 aromatic rings. The van der Waals surface area contributed by atoms with Gasteiger partial charge in [0, 0.05) is 13.1 Å². The van der Waals surface area contributed by atoms with Crippen LogP contribution in [0.15, 0.2) is 35.2 Å². The minimum Gasteiger partial charge on any atom is -0.270 e. The van der Waals surface area contributed by atoms with Gasteiger partial charge in [-0.05, 0) is 25.0 Å². The van der Waals surface area contributed by atoms with Gasteiger partial charge in [-0.25, -0.2) is 14.0 Å². The van der Waals surface area contributed by atoms with Crippen LogP contribution < -0.4 is 10.1 Å². The first-order valence-electron chi connectivity index (χ1n) is 6.05. The van der Waals surface area contributed by atoms with Crippen LogP contribution >= 0.6 is 0 Å². The van der Waals surface area contributed by atoms with Crippen LogP contribution in [-0.4, -0.2) is 28.3 Å². The van der Waals surface area contributed by atoms with Crippen molar-refractivity contribution < 1.29 is 9.00 Å². The summed E-state index contributed by atoms with van der Waals surface area (Å²) in [4.78, 5) is 12.2. The van der Waals surface area contributed by atoms with Crippen molar-refractivity contribution in [2.75, 3.05) is 13.1 Å². The van der Waals surface area contributed by atoms with Crippen molar-refractivity contribution >= 4 is 17.0 Å². The van der Waals surface area contributed by atoms with Crippen LogP contribution in [0.2, 0.25) is 0 Å². The van der Waals surface area contributed by atoms with Crippen LogP contribution in [0, 0.1) is 0 Å². The number of nitrogens with zero attached hydrogens (tertiary/aromatic N) is 1. The summed E-state index contributed by atoms with van der Waals surface area (Å²) in [7, 11) is -1.51. The zero-order chi connectivity index (χ0) is 12.8. The largest absolute Gasteiger partial charge is 0.341 e. The standard InChI is InChI=1S/C12H17N3O2S/c16-12(13-15-9-5-2-6-10-15)14-18(17)11-7-3-1-4-8-11/h1,3-4,7-8H,2,5-6,9-10H2,(H2,13,14,16). The summed E-state index contributed by atoms with van der Waals surface area (Å²) in [5.41, 5.74) is 2.71. The summed E-state index contributed by atoms with van der Waals surface area (Å²) in [6, 6.07) is 8.44. The van der Waals surface area contributed by atoms with Gasteiger partial charge < -0.3 is 0 Å². The number of carbonyl (C=O) groups excluding carboxylic acids is 1. The zero-order valence-electron chi connectivity index (χ0n) is 10.1. The number of amides is 2. The predicted molar refractivity (Wildman–Crippen MR) is 69.9 cm³/mol. The monoisotopic (exact) mass is 267 g/mol. The van der Waals surface area contributed by atoms with E-state index in [2.05, 4.69) is 10.1 Å². The molecule has 1 saturated heterocycles. The summed E-state index contributed by atoms with van der Waals surface area (Å²) in [6.45, 7) is 1.71. The Morgan fingerprint density at radius 1 is 1.11 bits per heavy atom. The van der Waals surface area contributed by atoms with E-state index in [1.807, 2.05) is 11.1 Å². The summed E-state index contributed by atoms with van der Waals surface area (Å²) >= 11 is 0. The van der Waals surface area contributed by atoms with E-state index in [9.17, 15) is 9.00 Å². The molecule has 1 atom stereocenters. The number of rotatable bonds is 3. The summed E-state index contributed by atoms with van der Waals surface area (Å²) in [5, 5.41) is 1.86. The first kappa shape index (κ1) is 13.0. The molecule has 2 rings (SSSR count). The molecule has 1 unspecified atom stereocenters. The maximum atomic E-state index is 11.8. The second-order valence-electron chi connectivity index (χ2n) is 4.17. The Balaban J connectivity index is 1.82. The number of benzene rings is 1. The lowest BCUT2D eigenvalue weighted by molar-refractivity contribution is 0.158. The molecule has 2 N–H and O–H groups in total. The van der Waals surface area contributed by atoms with E-state index in [0.717, 1.165) is 25.9 Å². The Hall–Kier alpha value is -1.40. The second-order valence-corrected chi connectivity index (χ2v) is 5.39. The van der Waals surface area contributed by atoms with Crippen molar-refractivity contribution in [1.29, 1.82) is 0 Å². The molecule has 6 heteroatoms. The van der Waals surface area contributed by atoms with Crippen molar-refractivity contribution in [3.63, 3.8) is 0 Å². The van der Waals surface area contributed by atoms with Gasteiger partial charge in [0.05, 0.1) is 4.90 Å². The van der Waals surface area contributed by atoms with E-state index in [1.54, 1.807) is 24.3 Å².